The van der Waals surface area contributed by atoms with Crippen molar-refractivity contribution in [1.29, 1.82) is 0 Å². The van der Waals surface area contributed by atoms with Crippen LogP contribution in [0.2, 0.25) is 0 Å². The molecule has 3 amide bonds. The van der Waals surface area contributed by atoms with Gasteiger partial charge in [0, 0.05) is 44.2 Å². The van der Waals surface area contributed by atoms with Crippen molar-refractivity contribution >= 4 is 17.7 Å². The lowest BCUT2D eigenvalue weighted by Gasteiger charge is -2.31. The normalized spacial score (nSPS) is 25.7. The second-order valence-electron chi connectivity index (χ2n) is 11.8. The monoisotopic (exact) mass is 577 g/mol. The fourth-order valence-electron chi connectivity index (χ4n) is 6.64. The van der Waals surface area contributed by atoms with Crippen LogP contribution in [-0.2, 0) is 9.53 Å². The van der Waals surface area contributed by atoms with E-state index < -0.39 is 6.04 Å². The van der Waals surface area contributed by atoms with E-state index >= 15 is 0 Å². The van der Waals surface area contributed by atoms with Crippen molar-refractivity contribution in [3.05, 3.63) is 59.9 Å². The van der Waals surface area contributed by atoms with Gasteiger partial charge in [0.1, 0.15) is 11.8 Å². The first kappa shape index (κ1) is 30.0. The number of nitrogens with zero attached hydrogens (tertiary/aromatic N) is 3. The fourth-order valence-corrected chi connectivity index (χ4v) is 6.64. The molecule has 1 saturated carbocycles. The second-order valence-corrected chi connectivity index (χ2v) is 11.8. The van der Waals surface area contributed by atoms with Crippen LogP contribution in [0.15, 0.2) is 48.8 Å². The summed E-state index contributed by atoms with van der Waals surface area (Å²) in [6, 6.07) is 9.40. The highest BCUT2D eigenvalue weighted by molar-refractivity contribution is 5.98. The van der Waals surface area contributed by atoms with E-state index in [2.05, 4.69) is 10.3 Å². The van der Waals surface area contributed by atoms with Crippen LogP contribution in [0.3, 0.4) is 0 Å². The lowest BCUT2D eigenvalue weighted by Crippen LogP contribution is -2.47. The number of benzene rings is 1. The van der Waals surface area contributed by atoms with Crippen molar-refractivity contribution in [2.24, 2.45) is 17.6 Å². The second kappa shape index (κ2) is 14.1. The molecule has 226 valence electrons. The zero-order chi connectivity index (χ0) is 29.5. The molecule has 2 aromatic rings. The van der Waals surface area contributed by atoms with Gasteiger partial charge in [-0.05, 0) is 93.3 Å². The number of methoxy groups -OCH3 is 1. The Kier molecular flexibility index (Phi) is 10.1. The van der Waals surface area contributed by atoms with Gasteiger partial charge in [-0.25, -0.2) is 0 Å². The third-order valence-corrected chi connectivity index (χ3v) is 9.00. The predicted molar refractivity (Wildman–Crippen MR) is 158 cm³/mol. The van der Waals surface area contributed by atoms with E-state index in [1.165, 1.54) is 6.20 Å². The van der Waals surface area contributed by atoms with Gasteiger partial charge < -0.3 is 30.3 Å². The number of hydrogen-bond acceptors (Lipinski definition) is 7. The standard InChI is InChI=1S/C32H43N5O5/c1-41-27-11-9-24(10-12-27)31(39)36(21-28-8-4-14-42-28)26-16-29(37(20-26)32(40)25-7-3-13-34-19-25)30(38)35-18-23-6-2-5-22(15-23)17-33/h3,7,9-13,19,22-23,26,28-29H,2,4-6,8,14-18,20-21,33H2,1H3,(H,35,38). The number of ether oxygens (including phenoxy) is 2. The van der Waals surface area contributed by atoms with Crippen LogP contribution in [-0.4, -0.2) is 90.6 Å². The minimum Gasteiger partial charge on any atom is -0.497 e. The number of nitrogens with two attached hydrogens (primary N) is 1. The minimum atomic E-state index is -0.702. The number of carbonyl (C=O) groups is 3. The summed E-state index contributed by atoms with van der Waals surface area (Å²) in [4.78, 5) is 48.9. The molecule has 3 heterocycles. The number of aromatic nitrogens is 1. The van der Waals surface area contributed by atoms with Crippen LogP contribution in [0.4, 0.5) is 0 Å². The highest BCUT2D eigenvalue weighted by Gasteiger charge is 2.44. The first-order chi connectivity index (χ1) is 20.5. The Labute approximate surface area is 247 Å². The van der Waals surface area contributed by atoms with Gasteiger partial charge in [-0.3, -0.25) is 19.4 Å². The lowest BCUT2D eigenvalue weighted by atomic mass is 9.81. The molecule has 3 N–H and O–H groups in total. The molecular formula is C32H43N5O5. The molecule has 42 heavy (non-hydrogen) atoms. The number of amides is 3. The zero-order valence-corrected chi connectivity index (χ0v) is 24.5. The van der Waals surface area contributed by atoms with Crippen molar-refractivity contribution in [1.82, 2.24) is 20.1 Å². The Hall–Kier alpha value is -3.50. The maximum atomic E-state index is 13.9. The molecular weight excluding hydrogens is 534 g/mol. The van der Waals surface area contributed by atoms with Crippen molar-refractivity contribution in [3.63, 3.8) is 0 Å². The summed E-state index contributed by atoms with van der Waals surface area (Å²) in [5, 5.41) is 3.15. The van der Waals surface area contributed by atoms with Crippen LogP contribution < -0.4 is 15.8 Å². The van der Waals surface area contributed by atoms with Gasteiger partial charge in [-0.2, -0.15) is 0 Å². The molecule has 3 aliphatic rings. The summed E-state index contributed by atoms with van der Waals surface area (Å²) in [7, 11) is 1.59. The molecule has 0 spiro atoms. The van der Waals surface area contributed by atoms with Crippen LogP contribution in [0.5, 0.6) is 5.75 Å². The summed E-state index contributed by atoms with van der Waals surface area (Å²) < 4.78 is 11.2. The van der Waals surface area contributed by atoms with Crippen LogP contribution in [0, 0.1) is 11.8 Å². The van der Waals surface area contributed by atoms with Crippen molar-refractivity contribution < 1.29 is 23.9 Å². The van der Waals surface area contributed by atoms with E-state index in [0.29, 0.717) is 61.4 Å². The third-order valence-electron chi connectivity index (χ3n) is 9.00. The molecule has 0 radical (unpaired) electrons. The maximum absolute atomic E-state index is 13.9. The summed E-state index contributed by atoms with van der Waals surface area (Å²) in [5.74, 6) is 0.945. The maximum Gasteiger partial charge on any atom is 0.256 e. The Morgan fingerprint density at radius 1 is 1.07 bits per heavy atom. The van der Waals surface area contributed by atoms with Gasteiger partial charge in [0.05, 0.1) is 24.8 Å². The number of hydrogen-bond donors (Lipinski definition) is 2. The highest BCUT2D eigenvalue weighted by Crippen LogP contribution is 2.30. The minimum absolute atomic E-state index is 0.0793. The predicted octanol–water partition coefficient (Wildman–Crippen LogP) is 2.88. The van der Waals surface area contributed by atoms with Crippen molar-refractivity contribution in [2.75, 3.05) is 39.9 Å². The lowest BCUT2D eigenvalue weighted by molar-refractivity contribution is -0.125. The van der Waals surface area contributed by atoms with Crippen LogP contribution in [0.25, 0.3) is 0 Å². The third kappa shape index (κ3) is 7.10. The zero-order valence-electron chi connectivity index (χ0n) is 24.5. The highest BCUT2D eigenvalue weighted by atomic mass is 16.5. The molecule has 5 unspecified atom stereocenters. The number of rotatable bonds is 10. The van der Waals surface area contributed by atoms with Gasteiger partial charge >= 0.3 is 0 Å². The smallest absolute Gasteiger partial charge is 0.256 e. The van der Waals surface area contributed by atoms with E-state index in [1.807, 2.05) is 4.90 Å². The fraction of sp³-hybridized carbons (Fsp3) is 0.562. The van der Waals surface area contributed by atoms with Gasteiger partial charge in [0.25, 0.3) is 11.8 Å². The molecule has 2 saturated heterocycles. The molecule has 0 bridgehead atoms. The first-order valence-electron chi connectivity index (χ1n) is 15.2. The molecule has 5 rings (SSSR count). The van der Waals surface area contributed by atoms with Crippen molar-refractivity contribution in [2.45, 2.75) is 63.1 Å². The number of likely N-dealkylation sites (tertiary alicyclic amines) is 1. The Balaban J connectivity index is 1.37. The summed E-state index contributed by atoms with van der Waals surface area (Å²) in [5.41, 5.74) is 6.87. The summed E-state index contributed by atoms with van der Waals surface area (Å²) in [6.07, 6.45) is 9.55. The van der Waals surface area contributed by atoms with E-state index in [1.54, 1.807) is 54.6 Å². The number of carbonyl (C=O) groups excluding carboxylic acids is 3. The van der Waals surface area contributed by atoms with Crippen LogP contribution >= 0.6 is 0 Å². The molecule has 3 fully saturated rings. The molecule has 1 aromatic carbocycles. The van der Waals surface area contributed by atoms with E-state index in [-0.39, 0.29) is 36.4 Å². The van der Waals surface area contributed by atoms with E-state index in [4.69, 9.17) is 15.2 Å². The SMILES string of the molecule is COc1ccc(C(=O)N(CC2CCCO2)C2CC(C(=O)NCC3CCCC(CN)C3)N(C(=O)c3cccnc3)C2)cc1. The Morgan fingerprint density at radius 3 is 2.57 bits per heavy atom. The molecule has 10 nitrogen and oxygen atoms in total. The van der Waals surface area contributed by atoms with E-state index in [9.17, 15) is 14.4 Å². The summed E-state index contributed by atoms with van der Waals surface area (Å²) >= 11 is 0. The largest absolute Gasteiger partial charge is 0.497 e. The van der Waals surface area contributed by atoms with Crippen molar-refractivity contribution in [3.8, 4) is 5.75 Å². The average Bonchev–Trinajstić information content (AvgIpc) is 3.73. The number of pyridine rings is 1. The topological polar surface area (TPSA) is 127 Å². The van der Waals surface area contributed by atoms with Gasteiger partial charge in [-0.15, -0.1) is 0 Å². The quantitative estimate of drug-likeness (QED) is 0.445. The molecule has 1 aliphatic carbocycles. The number of nitrogens with one attached hydrogen (secondary N) is 1. The Morgan fingerprint density at radius 2 is 1.88 bits per heavy atom. The molecule has 2 aliphatic heterocycles. The molecule has 1 aromatic heterocycles. The van der Waals surface area contributed by atoms with Gasteiger partial charge in [0.2, 0.25) is 5.91 Å². The van der Waals surface area contributed by atoms with Crippen LogP contribution in [0.1, 0.15) is 65.7 Å². The van der Waals surface area contributed by atoms with Gasteiger partial charge in [0.15, 0.2) is 0 Å². The molecule has 10 heteroatoms. The summed E-state index contributed by atoms with van der Waals surface area (Å²) in [6.45, 7) is 2.56. The Bertz CT molecular complexity index is 1200. The average molecular weight is 578 g/mol. The first-order valence-corrected chi connectivity index (χ1v) is 15.2. The van der Waals surface area contributed by atoms with E-state index in [0.717, 1.165) is 38.5 Å². The molecule has 5 atom stereocenters. The van der Waals surface area contributed by atoms with Gasteiger partial charge in [-0.1, -0.05) is 6.42 Å².